The topological polar surface area (TPSA) is 57.2 Å². The Hall–Kier alpha value is -1.36. The third-order valence-corrected chi connectivity index (χ3v) is 9.09. The molecule has 0 amide bonds. The quantitative estimate of drug-likeness (QED) is 0.423. The van der Waals surface area contributed by atoms with E-state index in [9.17, 15) is 4.79 Å². The first-order valence-electron chi connectivity index (χ1n) is 14.1. The molecule has 35 heavy (non-hydrogen) atoms. The molecular formula is C30H45ClN2O2. The van der Waals surface area contributed by atoms with Crippen LogP contribution in [0.5, 0.6) is 0 Å². The van der Waals surface area contributed by atoms with Crippen molar-refractivity contribution >= 4 is 29.1 Å². The molecule has 1 atom stereocenters. The molecule has 1 saturated heterocycles. The molecule has 1 aromatic heterocycles. The van der Waals surface area contributed by atoms with Gasteiger partial charge in [-0.3, -0.25) is 4.79 Å². The number of rotatable bonds is 8. The van der Waals surface area contributed by atoms with Crippen LogP contribution in [0.4, 0.5) is 0 Å². The molecule has 1 unspecified atom stereocenters. The van der Waals surface area contributed by atoms with Crippen molar-refractivity contribution in [3.63, 3.8) is 0 Å². The second-order valence-corrected chi connectivity index (χ2v) is 11.5. The van der Waals surface area contributed by atoms with E-state index >= 15 is 0 Å². The number of hydrogen-bond donors (Lipinski definition) is 1. The van der Waals surface area contributed by atoms with Crippen LogP contribution in [-0.2, 0) is 16.1 Å². The van der Waals surface area contributed by atoms with E-state index in [4.69, 9.17) is 10.5 Å². The van der Waals surface area contributed by atoms with Crippen LogP contribution in [0.2, 0.25) is 0 Å². The summed E-state index contributed by atoms with van der Waals surface area (Å²) in [6.45, 7) is 2.78. The lowest BCUT2D eigenvalue weighted by atomic mass is 9.76. The molecule has 3 fully saturated rings. The average Bonchev–Trinajstić information content (AvgIpc) is 3.23. The van der Waals surface area contributed by atoms with Crippen LogP contribution in [-0.4, -0.2) is 29.6 Å². The predicted molar refractivity (Wildman–Crippen MR) is 146 cm³/mol. The zero-order valence-electron chi connectivity index (χ0n) is 21.3. The zero-order valence-corrected chi connectivity index (χ0v) is 22.2. The van der Waals surface area contributed by atoms with E-state index in [0.717, 1.165) is 70.6 Å². The van der Waals surface area contributed by atoms with Crippen LogP contribution in [0.15, 0.2) is 30.5 Å². The molecule has 5 heteroatoms. The lowest BCUT2D eigenvalue weighted by molar-refractivity contribution is -0.121. The van der Waals surface area contributed by atoms with Gasteiger partial charge in [-0.15, -0.1) is 12.4 Å². The van der Waals surface area contributed by atoms with Crippen LogP contribution in [0.1, 0.15) is 95.0 Å². The highest BCUT2D eigenvalue weighted by atomic mass is 35.5. The fourth-order valence-corrected chi connectivity index (χ4v) is 7.06. The fraction of sp³-hybridized carbons (Fsp3) is 0.700. The van der Waals surface area contributed by atoms with Gasteiger partial charge >= 0.3 is 0 Å². The average molecular weight is 501 g/mol. The van der Waals surface area contributed by atoms with Crippen molar-refractivity contribution in [1.29, 1.82) is 0 Å². The number of benzene rings is 1. The van der Waals surface area contributed by atoms with Gasteiger partial charge < -0.3 is 15.0 Å². The minimum absolute atomic E-state index is 0. The summed E-state index contributed by atoms with van der Waals surface area (Å²) in [6, 6.07) is 9.27. The maximum absolute atomic E-state index is 13.4. The minimum atomic E-state index is 0. The first kappa shape index (κ1) is 26.7. The number of Topliss-reactive ketones (excluding diaryl/α,β-unsaturated/α-hetero) is 1. The number of halogens is 1. The number of hydrogen-bond acceptors (Lipinski definition) is 3. The summed E-state index contributed by atoms with van der Waals surface area (Å²) >= 11 is 0. The molecular weight excluding hydrogens is 456 g/mol. The molecule has 2 saturated carbocycles. The Morgan fingerprint density at radius 2 is 1.66 bits per heavy atom. The molecule has 2 aliphatic carbocycles. The molecule has 4 nitrogen and oxygen atoms in total. The molecule has 5 rings (SSSR count). The molecule has 0 bridgehead atoms. The molecule has 1 aliphatic heterocycles. The molecule has 0 radical (unpaired) electrons. The lowest BCUT2D eigenvalue weighted by Gasteiger charge is -2.31. The Morgan fingerprint density at radius 3 is 2.40 bits per heavy atom. The van der Waals surface area contributed by atoms with Gasteiger partial charge in [-0.1, -0.05) is 37.5 Å². The number of fused-ring (bicyclic) bond motifs is 1. The van der Waals surface area contributed by atoms with Gasteiger partial charge in [0.15, 0.2) is 0 Å². The van der Waals surface area contributed by atoms with Crippen molar-refractivity contribution in [2.45, 2.75) is 102 Å². The molecule has 3 aliphatic rings. The lowest BCUT2D eigenvalue weighted by Crippen LogP contribution is -2.28. The number of aromatic nitrogens is 1. The fourth-order valence-electron chi connectivity index (χ4n) is 7.06. The van der Waals surface area contributed by atoms with Gasteiger partial charge in [-0.05, 0) is 86.7 Å². The Labute approximate surface area is 217 Å². The predicted octanol–water partition coefficient (Wildman–Crippen LogP) is 7.02. The van der Waals surface area contributed by atoms with Gasteiger partial charge in [0.2, 0.25) is 0 Å². The highest BCUT2D eigenvalue weighted by molar-refractivity contribution is 5.86. The normalized spacial score (nSPS) is 25.3. The largest absolute Gasteiger partial charge is 0.381 e. The minimum Gasteiger partial charge on any atom is -0.381 e. The summed E-state index contributed by atoms with van der Waals surface area (Å²) in [7, 11) is 0. The van der Waals surface area contributed by atoms with Crippen LogP contribution >= 0.6 is 12.4 Å². The second-order valence-electron chi connectivity index (χ2n) is 11.5. The SMILES string of the molecule is Cl.NC1CCC(CC(=O)CC(c2cn(CC3CCCCC3)c3ccccc23)C2CCOCC2)CC1. The van der Waals surface area contributed by atoms with E-state index in [1.54, 1.807) is 0 Å². The van der Waals surface area contributed by atoms with Gasteiger partial charge in [0.25, 0.3) is 0 Å². The monoisotopic (exact) mass is 500 g/mol. The van der Waals surface area contributed by atoms with E-state index in [2.05, 4.69) is 35.0 Å². The maximum Gasteiger partial charge on any atom is 0.133 e. The number of nitrogens with zero attached hydrogens (tertiary/aromatic N) is 1. The van der Waals surface area contributed by atoms with Crippen molar-refractivity contribution in [2.24, 2.45) is 23.5 Å². The number of ether oxygens (including phenoxy) is 1. The Balaban J connectivity index is 0.00000289. The summed E-state index contributed by atoms with van der Waals surface area (Å²) in [5.74, 6) is 2.63. The van der Waals surface area contributed by atoms with E-state index < -0.39 is 0 Å². The van der Waals surface area contributed by atoms with Crippen LogP contribution in [0.3, 0.4) is 0 Å². The first-order chi connectivity index (χ1) is 16.7. The highest BCUT2D eigenvalue weighted by Crippen LogP contribution is 2.41. The van der Waals surface area contributed by atoms with Crippen LogP contribution in [0, 0.1) is 17.8 Å². The standard InChI is InChI=1S/C30H44N2O2.ClH/c31-25-12-10-22(11-13-25)18-26(33)19-28(24-14-16-34-17-15-24)29-21-32(20-23-6-2-1-3-7-23)30-9-5-4-8-27(29)30;/h4-5,8-9,21-25,28H,1-3,6-7,10-20,31H2;1H. The van der Waals surface area contributed by atoms with Crippen molar-refractivity contribution in [2.75, 3.05) is 13.2 Å². The third-order valence-electron chi connectivity index (χ3n) is 9.09. The molecule has 2 aromatic rings. The van der Waals surface area contributed by atoms with Gasteiger partial charge in [-0.25, -0.2) is 0 Å². The molecule has 0 spiro atoms. The third kappa shape index (κ3) is 6.70. The van der Waals surface area contributed by atoms with Crippen LogP contribution in [0.25, 0.3) is 10.9 Å². The maximum atomic E-state index is 13.4. The van der Waals surface area contributed by atoms with Gasteiger partial charge in [0, 0.05) is 55.7 Å². The van der Waals surface area contributed by atoms with Crippen molar-refractivity contribution in [3.05, 3.63) is 36.0 Å². The van der Waals surface area contributed by atoms with Crippen LogP contribution < -0.4 is 5.73 Å². The smallest absolute Gasteiger partial charge is 0.133 e. The van der Waals surface area contributed by atoms with E-state index in [-0.39, 0.29) is 12.4 Å². The Kier molecular flexibility index (Phi) is 9.72. The zero-order chi connectivity index (χ0) is 23.3. The van der Waals surface area contributed by atoms with E-state index in [1.807, 2.05) is 0 Å². The molecule has 2 N–H and O–H groups in total. The molecule has 194 valence electrons. The summed E-state index contributed by atoms with van der Waals surface area (Å²) in [4.78, 5) is 13.4. The summed E-state index contributed by atoms with van der Waals surface area (Å²) in [5, 5.41) is 1.37. The summed E-state index contributed by atoms with van der Waals surface area (Å²) in [6.07, 6.45) is 17.3. The number of carbonyl (C=O) groups excluding carboxylic acids is 1. The summed E-state index contributed by atoms with van der Waals surface area (Å²) in [5.41, 5.74) is 8.87. The molecule has 1 aromatic carbocycles. The number of nitrogens with two attached hydrogens (primary N) is 1. The Bertz CT molecular complexity index is 937. The van der Waals surface area contributed by atoms with Gasteiger partial charge in [-0.2, -0.15) is 0 Å². The number of para-hydroxylation sites is 1. The van der Waals surface area contributed by atoms with Gasteiger partial charge in [0.05, 0.1) is 0 Å². The van der Waals surface area contributed by atoms with E-state index in [1.165, 1.54) is 48.6 Å². The summed E-state index contributed by atoms with van der Waals surface area (Å²) < 4.78 is 8.24. The number of carbonyl (C=O) groups is 1. The van der Waals surface area contributed by atoms with Gasteiger partial charge in [0.1, 0.15) is 5.78 Å². The highest BCUT2D eigenvalue weighted by Gasteiger charge is 2.31. The Morgan fingerprint density at radius 1 is 0.943 bits per heavy atom. The second kappa shape index (κ2) is 12.7. The molecule has 2 heterocycles. The van der Waals surface area contributed by atoms with E-state index in [0.29, 0.717) is 36.0 Å². The number of ketones is 1. The first-order valence-corrected chi connectivity index (χ1v) is 14.1. The van der Waals surface area contributed by atoms with Crippen molar-refractivity contribution in [1.82, 2.24) is 4.57 Å². The van der Waals surface area contributed by atoms with Crippen molar-refractivity contribution in [3.8, 4) is 0 Å². The van der Waals surface area contributed by atoms with Crippen molar-refractivity contribution < 1.29 is 9.53 Å².